The maximum Gasteiger partial charge on any atom is 0.423 e. The maximum absolute atomic E-state index is 13.2. The Labute approximate surface area is 160 Å². The number of benzene rings is 1. The molecule has 2 rings (SSSR count). The van der Waals surface area contributed by atoms with Crippen LogP contribution in [0.3, 0.4) is 0 Å². The highest BCUT2D eigenvalue weighted by Gasteiger charge is 2.36. The number of anilines is 2. The van der Waals surface area contributed by atoms with Crippen LogP contribution in [0.25, 0.3) is 0 Å². The van der Waals surface area contributed by atoms with Crippen molar-refractivity contribution < 1.29 is 22.8 Å². The third-order valence-electron chi connectivity index (χ3n) is 3.96. The van der Waals surface area contributed by atoms with E-state index in [1.807, 2.05) is 6.92 Å². The van der Waals surface area contributed by atoms with Crippen molar-refractivity contribution >= 4 is 17.3 Å². The third-order valence-corrected chi connectivity index (χ3v) is 3.96. The van der Waals surface area contributed by atoms with Crippen LogP contribution >= 0.6 is 0 Å². The summed E-state index contributed by atoms with van der Waals surface area (Å²) >= 11 is 0. The summed E-state index contributed by atoms with van der Waals surface area (Å²) in [5, 5.41) is 10.8. The third kappa shape index (κ3) is 5.30. The van der Waals surface area contributed by atoms with Gasteiger partial charge in [0.25, 0.3) is 5.69 Å². The first-order valence-corrected chi connectivity index (χ1v) is 8.87. The van der Waals surface area contributed by atoms with Gasteiger partial charge in [-0.15, -0.1) is 0 Å². The van der Waals surface area contributed by atoms with Crippen molar-refractivity contribution in [3.63, 3.8) is 0 Å². The van der Waals surface area contributed by atoms with Crippen LogP contribution < -0.4 is 9.64 Å². The Hall–Kier alpha value is -2.91. The Morgan fingerprint density at radius 2 is 1.86 bits per heavy atom. The Morgan fingerprint density at radius 3 is 2.39 bits per heavy atom. The highest BCUT2D eigenvalue weighted by Crippen LogP contribution is 2.36. The summed E-state index contributed by atoms with van der Waals surface area (Å²) in [5.74, 6) is -0.496. The van der Waals surface area contributed by atoms with Crippen LogP contribution in [0.1, 0.15) is 38.7 Å². The summed E-state index contributed by atoms with van der Waals surface area (Å²) < 4.78 is 45.0. The molecular formula is C18H21F3N4O3. The lowest BCUT2D eigenvalue weighted by molar-refractivity contribution is -0.384. The van der Waals surface area contributed by atoms with E-state index in [9.17, 15) is 23.3 Å². The molecule has 0 fully saturated rings. The summed E-state index contributed by atoms with van der Waals surface area (Å²) in [7, 11) is 0. The predicted octanol–water partition coefficient (Wildman–Crippen LogP) is 5.13. The van der Waals surface area contributed by atoms with E-state index >= 15 is 0 Å². The number of nitrogens with zero attached hydrogens (tertiary/aromatic N) is 4. The average molecular weight is 398 g/mol. The average Bonchev–Trinajstić information content (AvgIpc) is 2.65. The van der Waals surface area contributed by atoms with Gasteiger partial charge in [-0.2, -0.15) is 18.2 Å². The molecule has 152 valence electrons. The second kappa shape index (κ2) is 9.34. The molecule has 1 heterocycles. The van der Waals surface area contributed by atoms with Crippen LogP contribution in [0.15, 0.2) is 30.5 Å². The van der Waals surface area contributed by atoms with Crippen LogP contribution in [0, 0.1) is 10.1 Å². The van der Waals surface area contributed by atoms with Crippen LogP contribution in [0.2, 0.25) is 0 Å². The fraction of sp³-hybridized carbons (Fsp3) is 0.444. The van der Waals surface area contributed by atoms with E-state index in [1.54, 1.807) is 11.8 Å². The molecule has 0 N–H and O–H groups in total. The lowest BCUT2D eigenvalue weighted by Gasteiger charge is -2.22. The first kappa shape index (κ1) is 21.4. The number of aromatic nitrogens is 2. The van der Waals surface area contributed by atoms with E-state index in [0.29, 0.717) is 24.8 Å². The Morgan fingerprint density at radius 1 is 1.18 bits per heavy atom. The van der Waals surface area contributed by atoms with Crippen LogP contribution in [-0.4, -0.2) is 28.0 Å². The van der Waals surface area contributed by atoms with Crippen molar-refractivity contribution in [1.82, 2.24) is 9.97 Å². The van der Waals surface area contributed by atoms with Gasteiger partial charge in [0.1, 0.15) is 5.56 Å². The monoisotopic (exact) mass is 398 g/mol. The number of rotatable bonds is 9. The molecule has 2 aromatic rings. The van der Waals surface area contributed by atoms with Gasteiger partial charge in [0.15, 0.2) is 0 Å². The smallest absolute Gasteiger partial charge is 0.423 e. The summed E-state index contributed by atoms with van der Waals surface area (Å²) in [6, 6.07) is 5.60. The first-order valence-electron chi connectivity index (χ1n) is 8.87. The molecule has 1 aromatic carbocycles. The van der Waals surface area contributed by atoms with Crippen molar-refractivity contribution in [3.8, 4) is 5.88 Å². The van der Waals surface area contributed by atoms with Gasteiger partial charge in [-0.05, 0) is 25.5 Å². The number of ether oxygens (including phenoxy) is 1. The van der Waals surface area contributed by atoms with Crippen LogP contribution in [-0.2, 0) is 6.18 Å². The van der Waals surface area contributed by atoms with Crippen molar-refractivity contribution in [2.75, 3.05) is 18.1 Å². The summed E-state index contributed by atoms with van der Waals surface area (Å²) in [4.78, 5) is 19.6. The first-order chi connectivity index (χ1) is 13.3. The SMILES string of the molecule is CCCCCOc1nc(N(CC)c2ccc([N+](=O)[O-])cc2)ncc1C(F)(F)F. The molecule has 28 heavy (non-hydrogen) atoms. The molecule has 10 heteroatoms. The van der Waals surface area contributed by atoms with Gasteiger partial charge >= 0.3 is 6.18 Å². The van der Waals surface area contributed by atoms with E-state index in [-0.39, 0.29) is 18.2 Å². The molecular weight excluding hydrogens is 377 g/mol. The molecule has 1 aromatic heterocycles. The fourth-order valence-electron chi connectivity index (χ4n) is 2.51. The molecule has 0 saturated heterocycles. The Bertz CT molecular complexity index is 798. The van der Waals surface area contributed by atoms with Gasteiger partial charge in [-0.3, -0.25) is 10.1 Å². The zero-order chi connectivity index (χ0) is 20.7. The molecule has 0 amide bonds. The molecule has 0 aliphatic heterocycles. The van der Waals surface area contributed by atoms with Gasteiger partial charge in [0, 0.05) is 30.6 Å². The number of alkyl halides is 3. The van der Waals surface area contributed by atoms with E-state index in [0.717, 1.165) is 12.8 Å². The fourth-order valence-corrected chi connectivity index (χ4v) is 2.51. The predicted molar refractivity (Wildman–Crippen MR) is 97.8 cm³/mol. The van der Waals surface area contributed by atoms with Gasteiger partial charge in [-0.25, -0.2) is 4.98 Å². The number of non-ortho nitro benzene ring substituents is 1. The number of nitro groups is 1. The molecule has 0 saturated carbocycles. The second-order valence-electron chi connectivity index (χ2n) is 5.96. The quantitative estimate of drug-likeness (QED) is 0.331. The van der Waals surface area contributed by atoms with Gasteiger partial charge < -0.3 is 9.64 Å². The largest absolute Gasteiger partial charge is 0.477 e. The molecule has 0 radical (unpaired) electrons. The van der Waals surface area contributed by atoms with Gasteiger partial charge in [0.2, 0.25) is 11.8 Å². The van der Waals surface area contributed by atoms with E-state index < -0.39 is 22.5 Å². The molecule has 0 aliphatic rings. The molecule has 7 nitrogen and oxygen atoms in total. The number of nitro benzene ring substituents is 1. The lowest BCUT2D eigenvalue weighted by atomic mass is 10.2. The highest BCUT2D eigenvalue weighted by molar-refractivity contribution is 5.59. The van der Waals surface area contributed by atoms with Crippen LogP contribution in [0.4, 0.5) is 30.5 Å². The van der Waals surface area contributed by atoms with E-state index in [1.165, 1.54) is 24.3 Å². The standard InChI is InChI=1S/C18H21F3N4O3/c1-3-5-6-11-28-16-15(18(19,20)21)12-22-17(23-16)24(4-2)13-7-9-14(10-8-13)25(26)27/h7-10,12H,3-6,11H2,1-2H3. The van der Waals surface area contributed by atoms with Gasteiger partial charge in [0.05, 0.1) is 11.5 Å². The molecule has 0 bridgehead atoms. The minimum atomic E-state index is -4.64. The maximum atomic E-state index is 13.2. The summed E-state index contributed by atoms with van der Waals surface area (Å²) in [6.45, 7) is 4.22. The number of unbranched alkanes of at least 4 members (excludes halogenated alkanes) is 2. The summed E-state index contributed by atoms with van der Waals surface area (Å²) in [5.41, 5.74) is -0.606. The van der Waals surface area contributed by atoms with Crippen molar-refractivity contribution in [3.05, 3.63) is 46.1 Å². The van der Waals surface area contributed by atoms with Crippen molar-refractivity contribution in [1.29, 1.82) is 0 Å². The molecule has 0 aliphatic carbocycles. The van der Waals surface area contributed by atoms with Crippen LogP contribution in [0.5, 0.6) is 5.88 Å². The minimum Gasteiger partial charge on any atom is -0.477 e. The number of hydrogen-bond acceptors (Lipinski definition) is 6. The number of halogens is 3. The Balaban J connectivity index is 2.35. The zero-order valence-corrected chi connectivity index (χ0v) is 15.6. The molecule has 0 atom stereocenters. The molecule has 0 spiro atoms. The normalized spacial score (nSPS) is 11.3. The van der Waals surface area contributed by atoms with E-state index in [4.69, 9.17) is 4.74 Å². The van der Waals surface area contributed by atoms with E-state index in [2.05, 4.69) is 9.97 Å². The van der Waals surface area contributed by atoms with Crippen molar-refractivity contribution in [2.45, 2.75) is 39.3 Å². The number of hydrogen-bond donors (Lipinski definition) is 0. The lowest BCUT2D eigenvalue weighted by Crippen LogP contribution is -2.21. The summed E-state index contributed by atoms with van der Waals surface area (Å²) in [6.07, 6.45) is -1.57. The highest BCUT2D eigenvalue weighted by atomic mass is 19.4. The minimum absolute atomic E-state index is 0.0230. The second-order valence-corrected chi connectivity index (χ2v) is 5.96. The van der Waals surface area contributed by atoms with Crippen molar-refractivity contribution in [2.24, 2.45) is 0 Å². The Kier molecular flexibility index (Phi) is 7.13. The topological polar surface area (TPSA) is 81.4 Å². The zero-order valence-electron chi connectivity index (χ0n) is 15.6. The molecule has 0 unspecified atom stereocenters. The van der Waals surface area contributed by atoms with Gasteiger partial charge in [-0.1, -0.05) is 19.8 Å².